The Labute approximate surface area is 113 Å². The molecule has 1 fully saturated rings. The number of ether oxygens (including phenoxy) is 2. The molecule has 3 rings (SSSR count). The molecule has 0 spiro atoms. The zero-order chi connectivity index (χ0) is 13.1. The third-order valence-corrected chi connectivity index (χ3v) is 3.85. The molecule has 0 aromatic heterocycles. The van der Waals surface area contributed by atoms with Crippen LogP contribution in [0.4, 0.5) is 0 Å². The van der Waals surface area contributed by atoms with E-state index in [4.69, 9.17) is 9.47 Å². The molecule has 1 unspecified atom stereocenters. The Hall–Kier alpha value is -1.55. The maximum absolute atomic E-state index is 11.0. The van der Waals surface area contributed by atoms with Gasteiger partial charge >= 0.3 is 0 Å². The van der Waals surface area contributed by atoms with Crippen LogP contribution in [0.25, 0.3) is 0 Å². The molecule has 1 aromatic carbocycles. The van der Waals surface area contributed by atoms with Crippen molar-refractivity contribution in [1.82, 2.24) is 4.90 Å². The Morgan fingerprint density at radius 2 is 1.89 bits per heavy atom. The second-order valence-electron chi connectivity index (χ2n) is 5.06. The van der Waals surface area contributed by atoms with Crippen molar-refractivity contribution in [3.63, 3.8) is 0 Å². The zero-order valence-electron chi connectivity index (χ0n) is 11.0. The van der Waals surface area contributed by atoms with Gasteiger partial charge in [-0.05, 0) is 43.6 Å². The van der Waals surface area contributed by atoms with Gasteiger partial charge < -0.3 is 14.3 Å². The summed E-state index contributed by atoms with van der Waals surface area (Å²) in [7, 11) is 0. The van der Waals surface area contributed by atoms with Gasteiger partial charge in [0.05, 0.1) is 0 Å². The average Bonchev–Trinajstić information content (AvgIpc) is 2.98. The quantitative estimate of drug-likeness (QED) is 0.779. The molecule has 0 radical (unpaired) electrons. The van der Waals surface area contributed by atoms with Crippen LogP contribution in [0.2, 0.25) is 0 Å². The number of likely N-dealkylation sites (tertiary alicyclic amines) is 1. The predicted octanol–water partition coefficient (Wildman–Crippen LogP) is 2.18. The first-order chi connectivity index (χ1) is 9.38. The van der Waals surface area contributed by atoms with E-state index >= 15 is 0 Å². The first-order valence-electron chi connectivity index (χ1n) is 6.96. The smallest absolute Gasteiger partial charge is 0.161 e. The van der Waals surface area contributed by atoms with E-state index in [9.17, 15) is 4.79 Å². The molecular weight excluding hydrogens is 242 g/mol. The third-order valence-electron chi connectivity index (χ3n) is 3.85. The van der Waals surface area contributed by atoms with Crippen LogP contribution in [-0.4, -0.2) is 37.5 Å². The molecule has 0 N–H and O–H groups in total. The molecule has 0 aliphatic carbocycles. The minimum absolute atomic E-state index is 0.177. The minimum Gasteiger partial charge on any atom is -0.486 e. The number of rotatable bonds is 4. The van der Waals surface area contributed by atoms with Crippen LogP contribution in [0, 0.1) is 0 Å². The summed E-state index contributed by atoms with van der Waals surface area (Å²) in [6.07, 6.45) is 4.00. The van der Waals surface area contributed by atoms with Crippen LogP contribution in [0.3, 0.4) is 0 Å². The SMILES string of the molecule is O=CCC(c1ccc2c(c1)OCCO2)N1CCCC1. The summed E-state index contributed by atoms with van der Waals surface area (Å²) in [6.45, 7) is 3.36. The summed E-state index contributed by atoms with van der Waals surface area (Å²) in [5, 5.41) is 0. The highest BCUT2D eigenvalue weighted by Gasteiger charge is 2.24. The molecule has 102 valence electrons. The molecule has 0 amide bonds. The van der Waals surface area contributed by atoms with Crippen molar-refractivity contribution in [2.24, 2.45) is 0 Å². The van der Waals surface area contributed by atoms with Crippen LogP contribution >= 0.6 is 0 Å². The Kier molecular flexibility index (Phi) is 3.69. The van der Waals surface area contributed by atoms with Gasteiger partial charge in [0.25, 0.3) is 0 Å². The topological polar surface area (TPSA) is 38.8 Å². The molecule has 0 saturated carbocycles. The molecular formula is C15H19NO3. The number of hydrogen-bond acceptors (Lipinski definition) is 4. The summed E-state index contributed by atoms with van der Waals surface area (Å²) in [6, 6.07) is 6.22. The van der Waals surface area contributed by atoms with Gasteiger partial charge in [-0.3, -0.25) is 4.90 Å². The molecule has 4 heteroatoms. The zero-order valence-corrected chi connectivity index (χ0v) is 11.0. The maximum Gasteiger partial charge on any atom is 0.161 e. The summed E-state index contributed by atoms with van der Waals surface area (Å²) in [5.41, 5.74) is 1.15. The van der Waals surface area contributed by atoms with E-state index in [1.165, 1.54) is 12.8 Å². The van der Waals surface area contributed by atoms with Crippen molar-refractivity contribution >= 4 is 6.29 Å². The van der Waals surface area contributed by atoms with Gasteiger partial charge in [-0.15, -0.1) is 0 Å². The number of hydrogen-bond donors (Lipinski definition) is 0. The minimum atomic E-state index is 0.177. The highest BCUT2D eigenvalue weighted by Crippen LogP contribution is 2.35. The fraction of sp³-hybridized carbons (Fsp3) is 0.533. The van der Waals surface area contributed by atoms with E-state index in [1.807, 2.05) is 12.1 Å². The largest absolute Gasteiger partial charge is 0.486 e. The van der Waals surface area contributed by atoms with Gasteiger partial charge in [-0.25, -0.2) is 0 Å². The highest BCUT2D eigenvalue weighted by molar-refractivity contribution is 5.53. The Morgan fingerprint density at radius 3 is 2.63 bits per heavy atom. The van der Waals surface area contributed by atoms with Crippen molar-refractivity contribution in [3.8, 4) is 11.5 Å². The van der Waals surface area contributed by atoms with Crippen LogP contribution in [0.1, 0.15) is 30.9 Å². The van der Waals surface area contributed by atoms with Gasteiger partial charge in [0, 0.05) is 12.5 Å². The van der Waals surface area contributed by atoms with Crippen molar-refractivity contribution in [2.75, 3.05) is 26.3 Å². The summed E-state index contributed by atoms with van der Waals surface area (Å²) in [4.78, 5) is 13.3. The van der Waals surface area contributed by atoms with E-state index in [0.29, 0.717) is 19.6 Å². The normalized spacial score (nSPS) is 20.2. The predicted molar refractivity (Wildman–Crippen MR) is 71.7 cm³/mol. The van der Waals surface area contributed by atoms with E-state index in [0.717, 1.165) is 36.4 Å². The van der Waals surface area contributed by atoms with E-state index in [-0.39, 0.29) is 6.04 Å². The van der Waals surface area contributed by atoms with Crippen LogP contribution < -0.4 is 9.47 Å². The molecule has 0 bridgehead atoms. The van der Waals surface area contributed by atoms with Crippen LogP contribution in [-0.2, 0) is 4.79 Å². The lowest BCUT2D eigenvalue weighted by Gasteiger charge is -2.27. The molecule has 2 heterocycles. The van der Waals surface area contributed by atoms with Gasteiger partial charge in [0.2, 0.25) is 0 Å². The number of fused-ring (bicyclic) bond motifs is 1. The van der Waals surface area contributed by atoms with E-state index in [2.05, 4.69) is 11.0 Å². The lowest BCUT2D eigenvalue weighted by atomic mass is 10.0. The lowest BCUT2D eigenvalue weighted by Crippen LogP contribution is -2.26. The number of aldehydes is 1. The number of carbonyl (C=O) groups is 1. The van der Waals surface area contributed by atoms with Gasteiger partial charge in [-0.1, -0.05) is 6.07 Å². The first-order valence-corrected chi connectivity index (χ1v) is 6.96. The fourth-order valence-corrected chi connectivity index (χ4v) is 2.91. The number of carbonyl (C=O) groups excluding carboxylic acids is 1. The van der Waals surface area contributed by atoms with Gasteiger partial charge in [0.1, 0.15) is 19.5 Å². The summed E-state index contributed by atoms with van der Waals surface area (Å²) in [5.74, 6) is 1.61. The maximum atomic E-state index is 11.0. The van der Waals surface area contributed by atoms with Gasteiger partial charge in [0.15, 0.2) is 11.5 Å². The fourth-order valence-electron chi connectivity index (χ4n) is 2.91. The van der Waals surface area contributed by atoms with Crippen molar-refractivity contribution in [3.05, 3.63) is 23.8 Å². The molecule has 2 aliphatic heterocycles. The van der Waals surface area contributed by atoms with E-state index < -0.39 is 0 Å². The third kappa shape index (κ3) is 2.59. The first kappa shape index (κ1) is 12.5. The Balaban J connectivity index is 1.86. The molecule has 1 saturated heterocycles. The number of benzene rings is 1. The second-order valence-corrected chi connectivity index (χ2v) is 5.06. The average molecular weight is 261 g/mol. The number of nitrogens with zero attached hydrogens (tertiary/aromatic N) is 1. The molecule has 4 nitrogen and oxygen atoms in total. The molecule has 19 heavy (non-hydrogen) atoms. The van der Waals surface area contributed by atoms with Crippen molar-refractivity contribution in [1.29, 1.82) is 0 Å². The summed E-state index contributed by atoms with van der Waals surface area (Å²) >= 11 is 0. The monoisotopic (exact) mass is 261 g/mol. The van der Waals surface area contributed by atoms with Crippen molar-refractivity contribution < 1.29 is 14.3 Å². The second kappa shape index (κ2) is 5.61. The molecule has 1 atom stereocenters. The lowest BCUT2D eigenvalue weighted by molar-refractivity contribution is -0.108. The molecule has 1 aromatic rings. The standard InChI is InChI=1S/C15H19NO3/c17-8-5-13(16-6-1-2-7-16)12-3-4-14-15(11-12)19-10-9-18-14/h3-4,8,11,13H,1-2,5-7,9-10H2. The Morgan fingerprint density at radius 1 is 1.16 bits per heavy atom. The molecule has 2 aliphatic rings. The Bertz CT molecular complexity index is 455. The highest BCUT2D eigenvalue weighted by atomic mass is 16.6. The van der Waals surface area contributed by atoms with E-state index in [1.54, 1.807) is 0 Å². The summed E-state index contributed by atoms with van der Waals surface area (Å²) < 4.78 is 11.2. The van der Waals surface area contributed by atoms with Crippen LogP contribution in [0.5, 0.6) is 11.5 Å². The van der Waals surface area contributed by atoms with Crippen molar-refractivity contribution in [2.45, 2.75) is 25.3 Å². The van der Waals surface area contributed by atoms with Gasteiger partial charge in [-0.2, -0.15) is 0 Å². The van der Waals surface area contributed by atoms with Crippen LogP contribution in [0.15, 0.2) is 18.2 Å².